The maximum absolute atomic E-state index is 12.4. The number of benzene rings is 1. The highest BCUT2D eigenvalue weighted by Crippen LogP contribution is 2.28. The van der Waals surface area contributed by atoms with Crippen molar-refractivity contribution in [1.29, 1.82) is 0 Å². The molecule has 1 aromatic carbocycles. The van der Waals surface area contributed by atoms with Crippen LogP contribution >= 0.6 is 0 Å². The van der Waals surface area contributed by atoms with Crippen molar-refractivity contribution < 1.29 is 27.6 Å². The third-order valence-electron chi connectivity index (χ3n) is 4.11. The van der Waals surface area contributed by atoms with E-state index in [1.165, 1.54) is 12.1 Å². The Hall–Kier alpha value is -2.26. The molecule has 0 bridgehead atoms. The average molecular weight is 366 g/mol. The predicted octanol–water partition coefficient (Wildman–Crippen LogP) is 0.847. The molecule has 2 aliphatic rings. The fourth-order valence-corrected chi connectivity index (χ4v) is 4.18. The number of hydrogen-bond donors (Lipinski definition) is 1. The van der Waals surface area contributed by atoms with Gasteiger partial charge in [-0.25, -0.2) is 17.9 Å². The molecule has 0 unspecified atom stereocenters. The second kappa shape index (κ2) is 6.23. The smallest absolute Gasteiger partial charge is 0.328 e. The second-order valence-corrected chi connectivity index (χ2v) is 8.44. The van der Waals surface area contributed by atoms with Crippen molar-refractivity contribution in [2.45, 2.75) is 38.0 Å². The zero-order valence-corrected chi connectivity index (χ0v) is 14.6. The van der Waals surface area contributed by atoms with E-state index in [0.717, 1.165) is 0 Å². The molecule has 1 heterocycles. The number of sulfonamides is 1. The summed E-state index contributed by atoms with van der Waals surface area (Å²) in [6.07, 6.45) is 1.10. The number of nitrogens with one attached hydrogen (secondary N) is 1. The number of hydrogen-bond acceptors (Lipinski definition) is 6. The van der Waals surface area contributed by atoms with Gasteiger partial charge in [0.25, 0.3) is 11.8 Å². The Kier molecular flexibility index (Phi) is 4.38. The molecule has 25 heavy (non-hydrogen) atoms. The molecule has 1 fully saturated rings. The van der Waals surface area contributed by atoms with E-state index in [1.807, 2.05) is 0 Å². The molecule has 0 saturated heterocycles. The maximum Gasteiger partial charge on any atom is 0.351 e. The van der Waals surface area contributed by atoms with E-state index in [-0.39, 0.29) is 11.1 Å². The van der Waals surface area contributed by atoms with Crippen LogP contribution in [-0.2, 0) is 19.7 Å². The van der Waals surface area contributed by atoms with Crippen LogP contribution in [0.1, 0.15) is 47.4 Å². The van der Waals surface area contributed by atoms with Crippen molar-refractivity contribution >= 4 is 27.8 Å². The molecule has 1 N–H and O–H groups in total. The van der Waals surface area contributed by atoms with Gasteiger partial charge in [-0.1, -0.05) is 31.0 Å². The van der Waals surface area contributed by atoms with E-state index in [9.17, 15) is 22.8 Å². The van der Waals surface area contributed by atoms with E-state index in [0.29, 0.717) is 17.9 Å². The van der Waals surface area contributed by atoms with Crippen LogP contribution in [0.15, 0.2) is 24.3 Å². The molecule has 1 aliphatic carbocycles. The molecule has 1 aliphatic heterocycles. The fraction of sp³-hybridized carbons (Fsp3) is 0.438. The zero-order chi connectivity index (χ0) is 18.4. The summed E-state index contributed by atoms with van der Waals surface area (Å²) in [4.78, 5) is 41.8. The SMILES string of the molecule is CC(C)[C@@H](NS(=O)(=O)C1CC1)C(=O)ON1C(=O)c2ccccc2C1=O. The summed E-state index contributed by atoms with van der Waals surface area (Å²) in [7, 11) is -3.63. The summed E-state index contributed by atoms with van der Waals surface area (Å²) in [5.74, 6) is -2.91. The van der Waals surface area contributed by atoms with Crippen molar-refractivity contribution in [3.8, 4) is 0 Å². The lowest BCUT2D eigenvalue weighted by Crippen LogP contribution is -2.49. The normalized spacial score (nSPS) is 18.4. The molecule has 8 nitrogen and oxygen atoms in total. The van der Waals surface area contributed by atoms with Gasteiger partial charge in [0, 0.05) is 0 Å². The lowest BCUT2D eigenvalue weighted by molar-refractivity contribution is -0.171. The maximum atomic E-state index is 12.4. The van der Waals surface area contributed by atoms with Crippen LogP contribution in [0.2, 0.25) is 0 Å². The number of nitrogens with zero attached hydrogens (tertiary/aromatic N) is 1. The van der Waals surface area contributed by atoms with Crippen molar-refractivity contribution in [2.24, 2.45) is 5.92 Å². The van der Waals surface area contributed by atoms with Crippen LogP contribution in [0.25, 0.3) is 0 Å². The number of amides is 2. The fourth-order valence-electron chi connectivity index (χ4n) is 2.50. The Balaban J connectivity index is 1.76. The molecule has 1 saturated carbocycles. The van der Waals surface area contributed by atoms with Crippen molar-refractivity contribution in [3.63, 3.8) is 0 Å². The summed E-state index contributed by atoms with van der Waals surface area (Å²) in [6, 6.07) is 4.92. The monoisotopic (exact) mass is 366 g/mol. The molecular weight excluding hydrogens is 348 g/mol. The van der Waals surface area contributed by atoms with Crippen LogP contribution in [0, 0.1) is 5.92 Å². The Labute approximate surface area is 145 Å². The Morgan fingerprint density at radius 1 is 1.16 bits per heavy atom. The van der Waals surface area contributed by atoms with E-state index >= 15 is 0 Å². The van der Waals surface area contributed by atoms with Crippen molar-refractivity contribution in [3.05, 3.63) is 35.4 Å². The minimum absolute atomic E-state index is 0.139. The first-order valence-corrected chi connectivity index (χ1v) is 9.47. The van der Waals surface area contributed by atoms with Crippen LogP contribution in [0.5, 0.6) is 0 Å². The first-order chi connectivity index (χ1) is 11.7. The molecule has 9 heteroatoms. The van der Waals surface area contributed by atoms with Gasteiger partial charge < -0.3 is 4.84 Å². The van der Waals surface area contributed by atoms with Gasteiger partial charge >= 0.3 is 5.97 Å². The van der Waals surface area contributed by atoms with Crippen LogP contribution in [-0.4, -0.2) is 42.6 Å². The van der Waals surface area contributed by atoms with Gasteiger partial charge in [-0.15, -0.1) is 0 Å². The third-order valence-corrected chi connectivity index (χ3v) is 6.04. The minimum Gasteiger partial charge on any atom is -0.328 e. The second-order valence-electron chi connectivity index (χ2n) is 6.44. The predicted molar refractivity (Wildman–Crippen MR) is 86.7 cm³/mol. The van der Waals surface area contributed by atoms with Crippen LogP contribution in [0.4, 0.5) is 0 Å². The zero-order valence-electron chi connectivity index (χ0n) is 13.8. The Bertz CT molecular complexity index is 809. The van der Waals surface area contributed by atoms with Crippen molar-refractivity contribution in [2.75, 3.05) is 0 Å². The van der Waals surface area contributed by atoms with E-state index in [2.05, 4.69) is 4.72 Å². The van der Waals surface area contributed by atoms with E-state index < -0.39 is 45.0 Å². The molecule has 1 aromatic rings. The largest absolute Gasteiger partial charge is 0.351 e. The van der Waals surface area contributed by atoms with Gasteiger partial charge in [-0.05, 0) is 30.9 Å². The number of hydroxylamine groups is 2. The van der Waals surface area contributed by atoms with Crippen LogP contribution in [0.3, 0.4) is 0 Å². The first kappa shape index (κ1) is 17.6. The summed E-state index contributed by atoms with van der Waals surface area (Å²) < 4.78 is 26.5. The quantitative estimate of drug-likeness (QED) is 0.748. The highest BCUT2D eigenvalue weighted by Gasteiger charge is 2.43. The highest BCUT2D eigenvalue weighted by molar-refractivity contribution is 7.90. The molecule has 3 rings (SSSR count). The van der Waals surface area contributed by atoms with E-state index in [1.54, 1.807) is 26.0 Å². The number of fused-ring (bicyclic) bond motifs is 1. The highest BCUT2D eigenvalue weighted by atomic mass is 32.2. The molecule has 134 valence electrons. The minimum atomic E-state index is -3.63. The summed E-state index contributed by atoms with van der Waals surface area (Å²) in [5.41, 5.74) is 0.278. The van der Waals surface area contributed by atoms with Crippen molar-refractivity contribution in [1.82, 2.24) is 9.79 Å². The van der Waals surface area contributed by atoms with Gasteiger partial charge in [0.15, 0.2) is 0 Å². The molecule has 2 amide bonds. The number of imide groups is 1. The van der Waals surface area contributed by atoms with E-state index in [4.69, 9.17) is 4.84 Å². The molecule has 0 spiro atoms. The third kappa shape index (κ3) is 3.29. The standard InChI is InChI=1S/C16H18N2O6S/c1-9(2)13(17-25(22,23)10-7-8-10)16(21)24-18-14(19)11-5-3-4-6-12(11)15(18)20/h3-6,9-10,13,17H,7-8H2,1-2H3/t13-/m1/s1. The summed E-state index contributed by atoms with van der Waals surface area (Å²) in [5, 5.41) is -0.116. The first-order valence-electron chi connectivity index (χ1n) is 7.93. The van der Waals surface area contributed by atoms with Gasteiger partial charge in [0.2, 0.25) is 10.0 Å². The topological polar surface area (TPSA) is 110 Å². The Morgan fingerprint density at radius 2 is 1.68 bits per heavy atom. The van der Waals surface area contributed by atoms with Gasteiger partial charge in [-0.2, -0.15) is 0 Å². The summed E-state index contributed by atoms with van der Waals surface area (Å²) in [6.45, 7) is 3.29. The van der Waals surface area contributed by atoms with Gasteiger partial charge in [0.05, 0.1) is 16.4 Å². The van der Waals surface area contributed by atoms with Gasteiger partial charge in [-0.3, -0.25) is 9.59 Å². The molecule has 1 atom stereocenters. The average Bonchev–Trinajstić information content (AvgIpc) is 3.38. The molecular formula is C16H18N2O6S. The van der Waals surface area contributed by atoms with Gasteiger partial charge in [0.1, 0.15) is 6.04 Å². The lowest BCUT2D eigenvalue weighted by Gasteiger charge is -2.22. The Morgan fingerprint density at radius 3 is 2.12 bits per heavy atom. The molecule has 0 aromatic heterocycles. The summed E-state index contributed by atoms with van der Waals surface area (Å²) >= 11 is 0. The number of rotatable bonds is 6. The van der Waals surface area contributed by atoms with Crippen LogP contribution < -0.4 is 4.72 Å². The number of carbonyl (C=O) groups excluding carboxylic acids is 3. The number of carbonyl (C=O) groups is 3. The lowest BCUT2D eigenvalue weighted by atomic mass is 10.1. The molecule has 0 radical (unpaired) electrons.